The van der Waals surface area contributed by atoms with Crippen molar-refractivity contribution < 1.29 is 9.84 Å². The summed E-state index contributed by atoms with van der Waals surface area (Å²) in [5.74, 6) is 0.539. The summed E-state index contributed by atoms with van der Waals surface area (Å²) in [5, 5.41) is 9.18. The van der Waals surface area contributed by atoms with Gasteiger partial charge in [0.2, 0.25) is 0 Å². The Morgan fingerprint density at radius 2 is 2.23 bits per heavy atom. The van der Waals surface area contributed by atoms with Crippen LogP contribution in [0.1, 0.15) is 26.7 Å². The minimum atomic E-state index is -0.0866. The van der Waals surface area contributed by atoms with Crippen LogP contribution in [-0.2, 0) is 4.74 Å². The molecule has 2 atom stereocenters. The lowest BCUT2D eigenvalue weighted by molar-refractivity contribution is 0.00613. The molecule has 1 aliphatic rings. The molecule has 0 heterocycles. The zero-order chi connectivity index (χ0) is 10.1. The van der Waals surface area contributed by atoms with Crippen LogP contribution >= 0.6 is 0 Å². The summed E-state index contributed by atoms with van der Waals surface area (Å²) in [6, 6.07) is 0. The molecule has 0 bridgehead atoms. The average Bonchev–Trinajstić information content (AvgIpc) is 2.79. The molecule has 1 saturated carbocycles. The number of ether oxygens (including phenoxy) is 1. The number of rotatable bonds is 5. The summed E-state index contributed by atoms with van der Waals surface area (Å²) in [7, 11) is 1.73. The van der Waals surface area contributed by atoms with Crippen molar-refractivity contribution in [2.45, 2.75) is 32.3 Å². The van der Waals surface area contributed by atoms with Gasteiger partial charge in [0.15, 0.2) is 0 Å². The molecule has 0 spiro atoms. The molecular weight excluding hydrogens is 166 g/mol. The third-order valence-electron chi connectivity index (χ3n) is 3.37. The number of nitrogens with two attached hydrogens (primary N) is 1. The Labute approximate surface area is 80.3 Å². The second-order valence-electron chi connectivity index (χ2n) is 4.79. The van der Waals surface area contributed by atoms with E-state index in [1.807, 2.05) is 0 Å². The first kappa shape index (κ1) is 11.0. The molecule has 78 valence electrons. The van der Waals surface area contributed by atoms with E-state index in [4.69, 9.17) is 10.5 Å². The second-order valence-corrected chi connectivity index (χ2v) is 4.79. The summed E-state index contributed by atoms with van der Waals surface area (Å²) < 4.78 is 5.35. The lowest BCUT2D eigenvalue weighted by Crippen LogP contribution is -2.28. The van der Waals surface area contributed by atoms with Crippen LogP contribution < -0.4 is 5.73 Å². The highest BCUT2D eigenvalue weighted by Gasteiger charge is 2.53. The number of hydrogen-bond acceptors (Lipinski definition) is 3. The van der Waals surface area contributed by atoms with Crippen LogP contribution in [0.2, 0.25) is 0 Å². The molecule has 1 aliphatic carbocycles. The number of aliphatic hydroxyl groups excluding tert-OH is 1. The van der Waals surface area contributed by atoms with E-state index in [0.717, 1.165) is 12.8 Å². The molecule has 3 heteroatoms. The first-order valence-corrected chi connectivity index (χ1v) is 4.86. The van der Waals surface area contributed by atoms with Crippen LogP contribution in [0, 0.1) is 11.3 Å². The number of hydrogen-bond donors (Lipinski definition) is 2. The standard InChI is InChI=1S/C10H21NO2/c1-9(2,13-3)4-8-5-10(8,6-11)7-12/h8,12H,4-7,11H2,1-3H3. The Balaban J connectivity index is 2.43. The van der Waals surface area contributed by atoms with Gasteiger partial charge in [-0.3, -0.25) is 0 Å². The SMILES string of the molecule is COC(C)(C)CC1CC1(CN)CO. The van der Waals surface area contributed by atoms with E-state index in [2.05, 4.69) is 13.8 Å². The van der Waals surface area contributed by atoms with Crippen LogP contribution in [0.15, 0.2) is 0 Å². The van der Waals surface area contributed by atoms with Crippen molar-refractivity contribution in [3.05, 3.63) is 0 Å². The third kappa shape index (κ3) is 2.22. The van der Waals surface area contributed by atoms with E-state index < -0.39 is 0 Å². The van der Waals surface area contributed by atoms with Crippen molar-refractivity contribution in [2.75, 3.05) is 20.3 Å². The van der Waals surface area contributed by atoms with Gasteiger partial charge in [0.25, 0.3) is 0 Å². The summed E-state index contributed by atoms with van der Waals surface area (Å²) in [6.07, 6.45) is 2.04. The van der Waals surface area contributed by atoms with Gasteiger partial charge in [0.05, 0.1) is 12.2 Å². The van der Waals surface area contributed by atoms with Gasteiger partial charge in [0.1, 0.15) is 0 Å². The highest BCUT2D eigenvalue weighted by atomic mass is 16.5. The summed E-state index contributed by atoms with van der Waals surface area (Å²) in [5.41, 5.74) is 5.55. The summed E-state index contributed by atoms with van der Waals surface area (Å²) >= 11 is 0. The van der Waals surface area contributed by atoms with Gasteiger partial charge in [-0.1, -0.05) is 0 Å². The fourth-order valence-corrected chi connectivity index (χ4v) is 1.91. The van der Waals surface area contributed by atoms with E-state index in [9.17, 15) is 5.11 Å². The van der Waals surface area contributed by atoms with Crippen LogP contribution in [0.4, 0.5) is 0 Å². The maximum Gasteiger partial charge on any atom is 0.0625 e. The van der Waals surface area contributed by atoms with E-state index in [1.165, 1.54) is 0 Å². The maximum atomic E-state index is 9.18. The highest BCUT2D eigenvalue weighted by Crippen LogP contribution is 2.55. The van der Waals surface area contributed by atoms with Gasteiger partial charge >= 0.3 is 0 Å². The molecule has 1 rings (SSSR count). The van der Waals surface area contributed by atoms with Crippen molar-refractivity contribution in [1.29, 1.82) is 0 Å². The lowest BCUT2D eigenvalue weighted by atomic mass is 9.95. The monoisotopic (exact) mass is 187 g/mol. The largest absolute Gasteiger partial charge is 0.396 e. The van der Waals surface area contributed by atoms with Crippen LogP contribution in [0.25, 0.3) is 0 Å². The zero-order valence-corrected chi connectivity index (χ0v) is 8.84. The minimum Gasteiger partial charge on any atom is -0.396 e. The fraction of sp³-hybridized carbons (Fsp3) is 1.00. The van der Waals surface area contributed by atoms with Crippen molar-refractivity contribution in [3.63, 3.8) is 0 Å². The molecule has 13 heavy (non-hydrogen) atoms. The smallest absolute Gasteiger partial charge is 0.0625 e. The number of methoxy groups -OCH3 is 1. The van der Waals surface area contributed by atoms with Crippen molar-refractivity contribution in [3.8, 4) is 0 Å². The Morgan fingerprint density at radius 1 is 1.62 bits per heavy atom. The molecule has 1 fully saturated rings. The fourth-order valence-electron chi connectivity index (χ4n) is 1.91. The van der Waals surface area contributed by atoms with Crippen molar-refractivity contribution in [1.82, 2.24) is 0 Å². The minimum absolute atomic E-state index is 0.00972. The maximum absolute atomic E-state index is 9.18. The van der Waals surface area contributed by atoms with Gasteiger partial charge in [-0.05, 0) is 32.6 Å². The van der Waals surface area contributed by atoms with Crippen LogP contribution in [-0.4, -0.2) is 31.0 Å². The Hall–Kier alpha value is -0.120. The summed E-state index contributed by atoms with van der Waals surface area (Å²) in [6.45, 7) is 4.95. The molecule has 0 radical (unpaired) electrons. The van der Waals surface area contributed by atoms with Gasteiger partial charge < -0.3 is 15.6 Å². The van der Waals surface area contributed by atoms with E-state index in [1.54, 1.807) is 7.11 Å². The first-order chi connectivity index (χ1) is 5.99. The predicted octanol–water partition coefficient (Wildman–Crippen LogP) is 0.759. The van der Waals surface area contributed by atoms with Gasteiger partial charge in [0, 0.05) is 19.1 Å². The lowest BCUT2D eigenvalue weighted by Gasteiger charge is -2.24. The number of aliphatic hydroxyl groups is 1. The van der Waals surface area contributed by atoms with Gasteiger partial charge in [-0.15, -0.1) is 0 Å². The molecule has 3 nitrogen and oxygen atoms in total. The molecule has 3 N–H and O–H groups in total. The van der Waals surface area contributed by atoms with Crippen LogP contribution in [0.5, 0.6) is 0 Å². The topological polar surface area (TPSA) is 55.5 Å². The Bertz CT molecular complexity index is 176. The molecular formula is C10H21NO2. The van der Waals surface area contributed by atoms with E-state index >= 15 is 0 Å². The molecule has 0 aromatic carbocycles. The Morgan fingerprint density at radius 3 is 2.54 bits per heavy atom. The Kier molecular flexibility index (Phi) is 3.00. The van der Waals surface area contributed by atoms with Gasteiger partial charge in [-0.25, -0.2) is 0 Å². The normalized spacial score (nSPS) is 33.5. The van der Waals surface area contributed by atoms with Crippen molar-refractivity contribution >= 4 is 0 Å². The van der Waals surface area contributed by atoms with E-state index in [0.29, 0.717) is 12.5 Å². The zero-order valence-electron chi connectivity index (χ0n) is 8.84. The predicted molar refractivity (Wildman–Crippen MR) is 52.4 cm³/mol. The van der Waals surface area contributed by atoms with Gasteiger partial charge in [-0.2, -0.15) is 0 Å². The molecule has 0 saturated heterocycles. The average molecular weight is 187 g/mol. The first-order valence-electron chi connectivity index (χ1n) is 4.86. The third-order valence-corrected chi connectivity index (χ3v) is 3.37. The molecule has 0 aromatic heterocycles. The highest BCUT2D eigenvalue weighted by molar-refractivity contribution is 5.04. The molecule has 2 unspecified atom stereocenters. The quantitative estimate of drug-likeness (QED) is 0.668. The van der Waals surface area contributed by atoms with Crippen LogP contribution in [0.3, 0.4) is 0 Å². The molecule has 0 aliphatic heterocycles. The molecule has 0 aromatic rings. The van der Waals surface area contributed by atoms with E-state index in [-0.39, 0.29) is 17.6 Å². The van der Waals surface area contributed by atoms with Crippen molar-refractivity contribution in [2.24, 2.45) is 17.1 Å². The molecule has 0 amide bonds. The summed E-state index contributed by atoms with van der Waals surface area (Å²) in [4.78, 5) is 0. The second kappa shape index (κ2) is 3.56.